The van der Waals surface area contributed by atoms with Crippen molar-refractivity contribution in [3.63, 3.8) is 0 Å². The monoisotopic (exact) mass is 378 g/mol. The van der Waals surface area contributed by atoms with Crippen molar-refractivity contribution >= 4 is 24.8 Å². The van der Waals surface area contributed by atoms with E-state index in [2.05, 4.69) is 77.1 Å². The number of fused-ring (bicyclic) bond motifs is 1. The second kappa shape index (κ2) is 9.14. The number of morpholine rings is 1. The fourth-order valence-corrected chi connectivity index (χ4v) is 3.62. The van der Waals surface area contributed by atoms with Gasteiger partial charge in [0.2, 0.25) is 0 Å². The molecule has 2 heterocycles. The Bertz CT molecular complexity index is 639. The molecule has 0 bridgehead atoms. The molecule has 5 heteroatoms. The summed E-state index contributed by atoms with van der Waals surface area (Å²) in [5.41, 5.74) is 4.01. The van der Waals surface area contributed by atoms with E-state index >= 15 is 0 Å². The Morgan fingerprint density at radius 2 is 1.52 bits per heavy atom. The van der Waals surface area contributed by atoms with E-state index in [1.54, 1.807) is 0 Å². The second-order valence-electron chi connectivity index (χ2n) is 6.15. The molecule has 2 aliphatic rings. The van der Waals surface area contributed by atoms with Gasteiger partial charge in [-0.1, -0.05) is 60.7 Å². The molecule has 25 heavy (non-hydrogen) atoms. The van der Waals surface area contributed by atoms with Crippen molar-refractivity contribution in [3.05, 3.63) is 83.7 Å². The quantitative estimate of drug-likeness (QED) is 0.878. The maximum absolute atomic E-state index is 5.67. The topological polar surface area (TPSA) is 24.5 Å². The van der Waals surface area contributed by atoms with Crippen LogP contribution in [0.25, 0.3) is 0 Å². The van der Waals surface area contributed by atoms with Gasteiger partial charge in [-0.25, -0.2) is 0 Å². The minimum absolute atomic E-state index is 0. The molecule has 1 fully saturated rings. The van der Waals surface area contributed by atoms with Crippen LogP contribution in [0.15, 0.2) is 72.6 Å². The van der Waals surface area contributed by atoms with E-state index in [0.717, 1.165) is 26.3 Å². The number of ether oxygens (including phenoxy) is 1. The van der Waals surface area contributed by atoms with E-state index in [0.29, 0.717) is 6.04 Å². The van der Waals surface area contributed by atoms with E-state index in [9.17, 15) is 0 Å². The van der Waals surface area contributed by atoms with Gasteiger partial charge in [-0.3, -0.25) is 0 Å². The molecule has 134 valence electrons. The summed E-state index contributed by atoms with van der Waals surface area (Å²) in [6, 6.07) is 22.0. The summed E-state index contributed by atoms with van der Waals surface area (Å²) in [6.07, 6.45) is 2.20. The Balaban J connectivity index is 0.00000113. The maximum atomic E-state index is 5.67. The molecule has 4 rings (SSSR count). The third kappa shape index (κ3) is 4.12. The summed E-state index contributed by atoms with van der Waals surface area (Å²) < 4.78 is 5.67. The molecule has 0 aromatic heterocycles. The molecule has 3 nitrogen and oxygen atoms in total. The third-order valence-electron chi connectivity index (χ3n) is 4.72. The van der Waals surface area contributed by atoms with Crippen LogP contribution >= 0.6 is 24.8 Å². The standard InChI is InChI=1S/C20H22N2O.2ClH/c1-3-7-16(8-4-1)20(17-9-5-2-6-10-17)19-14-21-13-18-15-23-12-11-22(18)19;;/h1-10,14,18,20-21H,11-13,15H2;2*1H/t18-;;/m1../s1. The van der Waals surface area contributed by atoms with Crippen LogP contribution in [0.2, 0.25) is 0 Å². The van der Waals surface area contributed by atoms with Crippen LogP contribution < -0.4 is 5.32 Å². The Morgan fingerprint density at radius 3 is 2.12 bits per heavy atom. The molecule has 0 radical (unpaired) electrons. The highest BCUT2D eigenvalue weighted by Crippen LogP contribution is 2.36. The molecule has 2 aromatic rings. The Morgan fingerprint density at radius 1 is 0.920 bits per heavy atom. The average Bonchev–Trinajstić information content (AvgIpc) is 2.64. The van der Waals surface area contributed by atoms with Gasteiger partial charge in [0.25, 0.3) is 0 Å². The number of benzene rings is 2. The zero-order chi connectivity index (χ0) is 15.5. The summed E-state index contributed by atoms with van der Waals surface area (Å²) in [5, 5.41) is 3.47. The van der Waals surface area contributed by atoms with Gasteiger partial charge in [0.05, 0.1) is 25.2 Å². The zero-order valence-corrected chi connectivity index (χ0v) is 15.6. The lowest BCUT2D eigenvalue weighted by molar-refractivity contribution is 0.00446. The van der Waals surface area contributed by atoms with Gasteiger partial charge in [-0.05, 0) is 11.1 Å². The lowest BCUT2D eigenvalue weighted by Crippen LogP contribution is -2.53. The van der Waals surface area contributed by atoms with Crippen molar-refractivity contribution < 1.29 is 4.74 Å². The van der Waals surface area contributed by atoms with Crippen molar-refractivity contribution in [1.29, 1.82) is 0 Å². The third-order valence-corrected chi connectivity index (χ3v) is 4.72. The highest BCUT2D eigenvalue weighted by Gasteiger charge is 2.32. The molecule has 0 aliphatic carbocycles. The van der Waals surface area contributed by atoms with Crippen molar-refractivity contribution in [2.75, 3.05) is 26.3 Å². The first-order valence-electron chi connectivity index (χ1n) is 8.31. The molecule has 0 saturated carbocycles. The Labute approximate surface area is 161 Å². The van der Waals surface area contributed by atoms with Gasteiger partial charge in [-0.15, -0.1) is 24.8 Å². The average molecular weight is 379 g/mol. The molecular weight excluding hydrogens is 355 g/mol. The van der Waals surface area contributed by atoms with Crippen molar-refractivity contribution in [3.8, 4) is 0 Å². The second-order valence-corrected chi connectivity index (χ2v) is 6.15. The first kappa shape index (κ1) is 19.6. The molecule has 1 N–H and O–H groups in total. The van der Waals surface area contributed by atoms with Crippen LogP contribution in [0.5, 0.6) is 0 Å². The highest BCUT2D eigenvalue weighted by atomic mass is 35.5. The van der Waals surface area contributed by atoms with E-state index in [4.69, 9.17) is 4.74 Å². The van der Waals surface area contributed by atoms with Crippen LogP contribution in [-0.2, 0) is 4.74 Å². The van der Waals surface area contributed by atoms with E-state index in [1.807, 2.05) is 0 Å². The first-order valence-corrected chi connectivity index (χ1v) is 8.31. The van der Waals surface area contributed by atoms with E-state index < -0.39 is 0 Å². The fourth-order valence-electron chi connectivity index (χ4n) is 3.62. The summed E-state index contributed by atoms with van der Waals surface area (Å²) in [7, 11) is 0. The maximum Gasteiger partial charge on any atom is 0.0694 e. The van der Waals surface area contributed by atoms with Crippen molar-refractivity contribution in [2.45, 2.75) is 12.0 Å². The van der Waals surface area contributed by atoms with Crippen molar-refractivity contribution in [1.82, 2.24) is 10.2 Å². The normalized spacial score (nSPS) is 19.0. The molecule has 1 atom stereocenters. The lowest BCUT2D eigenvalue weighted by atomic mass is 9.86. The van der Waals surface area contributed by atoms with Gasteiger partial charge >= 0.3 is 0 Å². The molecule has 2 aromatic carbocycles. The van der Waals surface area contributed by atoms with Gasteiger partial charge in [0, 0.05) is 25.0 Å². The number of rotatable bonds is 3. The van der Waals surface area contributed by atoms with Crippen LogP contribution in [0.3, 0.4) is 0 Å². The van der Waals surface area contributed by atoms with Gasteiger partial charge < -0.3 is 15.0 Å². The number of nitrogens with one attached hydrogen (secondary N) is 1. The molecule has 0 spiro atoms. The number of halogens is 2. The molecule has 0 unspecified atom stereocenters. The minimum atomic E-state index is 0. The lowest BCUT2D eigenvalue weighted by Gasteiger charge is -2.44. The van der Waals surface area contributed by atoms with Crippen molar-refractivity contribution in [2.24, 2.45) is 0 Å². The first-order chi connectivity index (χ1) is 11.4. The predicted octanol–water partition coefficient (Wildman–Crippen LogP) is 3.81. The van der Waals surface area contributed by atoms with Crippen LogP contribution in [0.4, 0.5) is 0 Å². The molecule has 1 saturated heterocycles. The van der Waals surface area contributed by atoms with Crippen LogP contribution in [-0.4, -0.2) is 37.2 Å². The fraction of sp³-hybridized carbons (Fsp3) is 0.300. The summed E-state index contributed by atoms with van der Waals surface area (Å²) in [6.45, 7) is 3.54. The number of allylic oxidation sites excluding steroid dienone is 1. The molecule has 0 amide bonds. The summed E-state index contributed by atoms with van der Waals surface area (Å²) >= 11 is 0. The van der Waals surface area contributed by atoms with E-state index in [1.165, 1.54) is 16.8 Å². The van der Waals surface area contributed by atoms with Gasteiger partial charge in [0.1, 0.15) is 0 Å². The van der Waals surface area contributed by atoms with Crippen LogP contribution in [0, 0.1) is 0 Å². The number of nitrogens with zero attached hydrogens (tertiary/aromatic N) is 1. The van der Waals surface area contributed by atoms with Crippen LogP contribution in [0.1, 0.15) is 17.0 Å². The predicted molar refractivity (Wildman–Crippen MR) is 107 cm³/mol. The summed E-state index contributed by atoms with van der Waals surface area (Å²) in [5.74, 6) is 0.255. The van der Waals surface area contributed by atoms with Gasteiger partial charge in [0.15, 0.2) is 0 Å². The molecular formula is C20H24Cl2N2O. The Kier molecular flexibility index (Phi) is 7.18. The molecule has 2 aliphatic heterocycles. The largest absolute Gasteiger partial charge is 0.387 e. The number of hydrogen-bond donors (Lipinski definition) is 1. The zero-order valence-electron chi connectivity index (χ0n) is 14.0. The SMILES string of the molecule is C1=C(C(c2ccccc2)c2ccccc2)N2CCOC[C@H]2CN1.Cl.Cl. The Hall–Kier alpha value is -1.68. The minimum Gasteiger partial charge on any atom is -0.387 e. The highest BCUT2D eigenvalue weighted by molar-refractivity contribution is 5.85. The summed E-state index contributed by atoms with van der Waals surface area (Å²) in [4.78, 5) is 2.53. The smallest absolute Gasteiger partial charge is 0.0694 e. The van der Waals surface area contributed by atoms with Gasteiger partial charge in [-0.2, -0.15) is 0 Å². The number of hydrogen-bond acceptors (Lipinski definition) is 3. The van der Waals surface area contributed by atoms with E-state index in [-0.39, 0.29) is 30.7 Å².